The molecule has 0 saturated heterocycles. The van der Waals surface area contributed by atoms with Crippen molar-refractivity contribution in [2.45, 2.75) is 18.6 Å². The lowest BCUT2D eigenvalue weighted by molar-refractivity contribution is 0.161. The number of rotatable bonds is 2. The molecule has 0 aliphatic carbocycles. The number of hydrogen-bond donors (Lipinski definition) is 1. The van der Waals surface area contributed by atoms with Gasteiger partial charge in [-0.05, 0) is 51.8 Å². The van der Waals surface area contributed by atoms with Crippen molar-refractivity contribution in [2.75, 3.05) is 7.11 Å². The molecule has 0 saturated carbocycles. The van der Waals surface area contributed by atoms with E-state index >= 15 is 0 Å². The average molecular weight is 369 g/mol. The molecule has 1 aliphatic rings. The van der Waals surface area contributed by atoms with Crippen molar-refractivity contribution in [1.82, 2.24) is 0 Å². The molecule has 2 atom stereocenters. The molecular weight excluding hydrogens is 354 g/mol. The lowest BCUT2D eigenvalue weighted by atomic mass is 9.93. The van der Waals surface area contributed by atoms with E-state index in [2.05, 4.69) is 15.9 Å². The van der Waals surface area contributed by atoms with Gasteiger partial charge in [-0.25, -0.2) is 0 Å². The standard InChI is InChI=1S/C16H15BrClNO2/c1-20-10-3-5-15-11(7-10)14(19)8-16(21-15)9-2-4-13(18)12(17)6-9/h2-7,14,16H,8,19H2,1H3. The van der Waals surface area contributed by atoms with Gasteiger partial charge in [0.25, 0.3) is 0 Å². The van der Waals surface area contributed by atoms with E-state index in [4.69, 9.17) is 26.8 Å². The monoisotopic (exact) mass is 367 g/mol. The highest BCUT2D eigenvalue weighted by Crippen LogP contribution is 2.42. The highest BCUT2D eigenvalue weighted by atomic mass is 79.9. The fourth-order valence-electron chi connectivity index (χ4n) is 2.53. The van der Waals surface area contributed by atoms with Crippen LogP contribution in [-0.4, -0.2) is 7.11 Å². The second-order valence-electron chi connectivity index (χ2n) is 5.03. The Morgan fingerprint density at radius 2 is 2.10 bits per heavy atom. The Bertz CT molecular complexity index is 677. The van der Waals surface area contributed by atoms with Crippen LogP contribution in [0.15, 0.2) is 40.9 Å². The summed E-state index contributed by atoms with van der Waals surface area (Å²) < 4.78 is 12.2. The second kappa shape index (κ2) is 5.87. The van der Waals surface area contributed by atoms with Crippen molar-refractivity contribution in [2.24, 2.45) is 5.73 Å². The van der Waals surface area contributed by atoms with Crippen molar-refractivity contribution in [3.8, 4) is 11.5 Å². The predicted octanol–water partition coefficient (Wildman–Crippen LogP) is 4.63. The Labute approximate surface area is 137 Å². The molecule has 2 aromatic carbocycles. The summed E-state index contributed by atoms with van der Waals surface area (Å²) in [5.41, 5.74) is 8.34. The second-order valence-corrected chi connectivity index (χ2v) is 6.29. The van der Waals surface area contributed by atoms with E-state index in [1.807, 2.05) is 36.4 Å². The molecule has 2 unspecified atom stereocenters. The third-order valence-corrected chi connectivity index (χ3v) is 4.88. The summed E-state index contributed by atoms with van der Waals surface area (Å²) in [4.78, 5) is 0. The van der Waals surface area contributed by atoms with Crippen molar-refractivity contribution >= 4 is 27.5 Å². The van der Waals surface area contributed by atoms with Crippen molar-refractivity contribution in [1.29, 1.82) is 0 Å². The molecule has 1 heterocycles. The van der Waals surface area contributed by atoms with E-state index in [1.54, 1.807) is 7.11 Å². The number of nitrogens with two attached hydrogens (primary N) is 1. The first-order valence-electron chi connectivity index (χ1n) is 6.63. The summed E-state index contributed by atoms with van der Waals surface area (Å²) in [6, 6.07) is 11.5. The lowest BCUT2D eigenvalue weighted by Gasteiger charge is -2.31. The maximum Gasteiger partial charge on any atom is 0.126 e. The van der Waals surface area contributed by atoms with Gasteiger partial charge in [-0.15, -0.1) is 0 Å². The number of halogens is 2. The molecule has 0 fully saturated rings. The fraction of sp³-hybridized carbons (Fsp3) is 0.250. The van der Waals surface area contributed by atoms with Crippen molar-refractivity contribution < 1.29 is 9.47 Å². The molecule has 0 radical (unpaired) electrons. The molecule has 0 aromatic heterocycles. The zero-order valence-corrected chi connectivity index (χ0v) is 13.8. The van der Waals surface area contributed by atoms with Gasteiger partial charge in [0.05, 0.1) is 12.1 Å². The Kier molecular flexibility index (Phi) is 4.11. The van der Waals surface area contributed by atoms with Crippen LogP contribution in [0.5, 0.6) is 11.5 Å². The van der Waals surface area contributed by atoms with Gasteiger partial charge >= 0.3 is 0 Å². The van der Waals surface area contributed by atoms with E-state index in [0.29, 0.717) is 11.4 Å². The third-order valence-electron chi connectivity index (χ3n) is 3.67. The Morgan fingerprint density at radius 1 is 1.29 bits per heavy atom. The van der Waals surface area contributed by atoms with Gasteiger partial charge in [0.15, 0.2) is 0 Å². The van der Waals surface area contributed by atoms with Crippen LogP contribution in [0.25, 0.3) is 0 Å². The predicted molar refractivity (Wildman–Crippen MR) is 87.1 cm³/mol. The van der Waals surface area contributed by atoms with Crippen LogP contribution in [0.3, 0.4) is 0 Å². The molecule has 3 nitrogen and oxygen atoms in total. The molecule has 110 valence electrons. The van der Waals surface area contributed by atoms with Crippen LogP contribution in [0.4, 0.5) is 0 Å². The summed E-state index contributed by atoms with van der Waals surface area (Å²) in [7, 11) is 1.64. The number of methoxy groups -OCH3 is 1. The minimum absolute atomic E-state index is 0.0746. The molecule has 0 amide bonds. The smallest absolute Gasteiger partial charge is 0.126 e. The molecule has 5 heteroatoms. The summed E-state index contributed by atoms with van der Waals surface area (Å²) in [6.45, 7) is 0. The quantitative estimate of drug-likeness (QED) is 0.840. The van der Waals surface area contributed by atoms with E-state index in [0.717, 1.165) is 27.1 Å². The number of hydrogen-bond acceptors (Lipinski definition) is 3. The zero-order valence-electron chi connectivity index (χ0n) is 11.5. The topological polar surface area (TPSA) is 44.5 Å². The van der Waals surface area contributed by atoms with Crippen molar-refractivity contribution in [3.05, 3.63) is 57.0 Å². The first-order chi connectivity index (χ1) is 10.1. The van der Waals surface area contributed by atoms with Gasteiger partial charge < -0.3 is 15.2 Å². The molecule has 1 aliphatic heterocycles. The summed E-state index contributed by atoms with van der Waals surface area (Å²) in [6.07, 6.45) is 0.642. The van der Waals surface area contributed by atoms with Gasteiger partial charge in [0, 0.05) is 22.5 Å². The molecular formula is C16H15BrClNO2. The van der Waals surface area contributed by atoms with E-state index < -0.39 is 0 Å². The third kappa shape index (κ3) is 2.89. The normalized spacial score (nSPS) is 20.6. The first kappa shape index (κ1) is 14.7. The Morgan fingerprint density at radius 3 is 2.81 bits per heavy atom. The van der Waals surface area contributed by atoms with Gasteiger partial charge in [-0.1, -0.05) is 17.7 Å². The number of ether oxygens (including phenoxy) is 2. The van der Waals surface area contributed by atoms with Crippen molar-refractivity contribution in [3.63, 3.8) is 0 Å². The molecule has 0 bridgehead atoms. The average Bonchev–Trinajstić information content (AvgIpc) is 2.49. The van der Waals surface area contributed by atoms with Crippen LogP contribution in [0.1, 0.15) is 29.7 Å². The highest BCUT2D eigenvalue weighted by Gasteiger charge is 2.27. The van der Waals surface area contributed by atoms with Crippen LogP contribution < -0.4 is 15.2 Å². The molecule has 2 N–H and O–H groups in total. The largest absolute Gasteiger partial charge is 0.497 e. The fourth-order valence-corrected chi connectivity index (χ4v) is 3.04. The zero-order chi connectivity index (χ0) is 15.0. The van der Waals surface area contributed by atoms with E-state index in [1.165, 1.54) is 0 Å². The van der Waals surface area contributed by atoms with Crippen LogP contribution in [-0.2, 0) is 0 Å². The summed E-state index contributed by atoms with van der Waals surface area (Å²) in [5, 5.41) is 0.684. The van der Waals surface area contributed by atoms with Crippen LogP contribution >= 0.6 is 27.5 Å². The van der Waals surface area contributed by atoms with Gasteiger partial charge in [0.1, 0.15) is 17.6 Å². The Hall–Kier alpha value is -1.23. The van der Waals surface area contributed by atoms with Gasteiger partial charge in [-0.3, -0.25) is 0 Å². The first-order valence-corrected chi connectivity index (χ1v) is 7.80. The molecule has 21 heavy (non-hydrogen) atoms. The number of benzene rings is 2. The van der Waals surface area contributed by atoms with E-state index in [-0.39, 0.29) is 12.1 Å². The highest BCUT2D eigenvalue weighted by molar-refractivity contribution is 9.10. The summed E-state index contributed by atoms with van der Waals surface area (Å²) >= 11 is 9.48. The minimum atomic E-state index is -0.0803. The maximum absolute atomic E-state index is 6.29. The van der Waals surface area contributed by atoms with Gasteiger partial charge in [0.2, 0.25) is 0 Å². The minimum Gasteiger partial charge on any atom is -0.497 e. The van der Waals surface area contributed by atoms with Crippen LogP contribution in [0, 0.1) is 0 Å². The van der Waals surface area contributed by atoms with Gasteiger partial charge in [-0.2, -0.15) is 0 Å². The Balaban J connectivity index is 1.92. The van der Waals surface area contributed by atoms with Crippen LogP contribution in [0.2, 0.25) is 5.02 Å². The number of fused-ring (bicyclic) bond motifs is 1. The SMILES string of the molecule is COc1ccc2c(c1)C(N)CC(c1ccc(Cl)c(Br)c1)O2. The lowest BCUT2D eigenvalue weighted by Crippen LogP contribution is -2.24. The molecule has 0 spiro atoms. The van der Waals surface area contributed by atoms with E-state index in [9.17, 15) is 0 Å². The maximum atomic E-state index is 6.29. The molecule has 3 rings (SSSR count). The molecule has 2 aromatic rings. The summed E-state index contributed by atoms with van der Waals surface area (Å²) in [5.74, 6) is 1.60.